The number of hydrogen-bond donors (Lipinski definition) is 2. The fourth-order valence-electron chi connectivity index (χ4n) is 2.96. The predicted octanol–water partition coefficient (Wildman–Crippen LogP) is 4.97. The zero-order valence-corrected chi connectivity index (χ0v) is 14.7. The molecule has 0 unspecified atom stereocenters. The molecule has 4 rings (SSSR count). The summed E-state index contributed by atoms with van der Waals surface area (Å²) in [5, 5.41) is 13.7. The predicted molar refractivity (Wildman–Crippen MR) is 104 cm³/mol. The van der Waals surface area contributed by atoms with Crippen LogP contribution < -0.4 is 5.32 Å². The number of hydrogen-bond acceptors (Lipinski definition) is 4. The van der Waals surface area contributed by atoms with Crippen molar-refractivity contribution in [2.24, 2.45) is 0 Å². The van der Waals surface area contributed by atoms with Crippen LogP contribution in [0.5, 0.6) is 5.75 Å². The number of phenolic OH excluding ortho intramolecular Hbond substituents is 1. The van der Waals surface area contributed by atoms with Crippen LogP contribution >= 0.6 is 0 Å². The van der Waals surface area contributed by atoms with E-state index in [1.807, 2.05) is 28.8 Å². The monoisotopic (exact) mass is 344 g/mol. The average Bonchev–Trinajstić information content (AvgIpc) is 3.01. The van der Waals surface area contributed by atoms with Gasteiger partial charge in [0.05, 0.1) is 0 Å². The van der Waals surface area contributed by atoms with Crippen molar-refractivity contribution in [1.29, 1.82) is 0 Å². The van der Waals surface area contributed by atoms with Crippen LogP contribution in [0, 0.1) is 0 Å². The molecule has 2 aromatic heterocycles. The van der Waals surface area contributed by atoms with Gasteiger partial charge in [-0.2, -0.15) is 0 Å². The summed E-state index contributed by atoms with van der Waals surface area (Å²) in [6.45, 7) is 4.35. The Morgan fingerprint density at radius 1 is 1.00 bits per heavy atom. The molecule has 2 N–H and O–H groups in total. The average molecular weight is 344 g/mol. The van der Waals surface area contributed by atoms with Crippen LogP contribution in [0.3, 0.4) is 0 Å². The zero-order valence-electron chi connectivity index (χ0n) is 14.7. The number of rotatable bonds is 4. The molecule has 0 atom stereocenters. The van der Waals surface area contributed by atoms with Crippen molar-refractivity contribution < 1.29 is 5.11 Å². The second-order valence-electron chi connectivity index (χ2n) is 6.52. The molecule has 0 amide bonds. The molecule has 26 heavy (non-hydrogen) atoms. The van der Waals surface area contributed by atoms with Gasteiger partial charge in [-0.25, -0.2) is 9.97 Å². The van der Waals surface area contributed by atoms with Gasteiger partial charge in [-0.1, -0.05) is 38.1 Å². The third kappa shape index (κ3) is 2.88. The van der Waals surface area contributed by atoms with Gasteiger partial charge in [0.25, 0.3) is 0 Å². The number of para-hydroxylation sites is 1. The molecule has 0 radical (unpaired) electrons. The molecule has 0 bridgehead atoms. The largest absolute Gasteiger partial charge is 0.507 e. The summed E-state index contributed by atoms with van der Waals surface area (Å²) in [6, 6.07) is 17.4. The third-order valence-corrected chi connectivity index (χ3v) is 4.40. The summed E-state index contributed by atoms with van der Waals surface area (Å²) >= 11 is 0. The summed E-state index contributed by atoms with van der Waals surface area (Å²) in [4.78, 5) is 8.94. The Balaban J connectivity index is 1.83. The van der Waals surface area contributed by atoms with Crippen LogP contribution in [0.4, 0.5) is 11.5 Å². The van der Waals surface area contributed by atoms with Gasteiger partial charge in [-0.15, -0.1) is 0 Å². The molecule has 2 aromatic carbocycles. The zero-order chi connectivity index (χ0) is 18.1. The van der Waals surface area contributed by atoms with E-state index in [4.69, 9.17) is 0 Å². The molecular weight excluding hydrogens is 324 g/mol. The normalized spacial score (nSPS) is 11.2. The molecule has 2 heterocycles. The number of anilines is 2. The number of imidazole rings is 1. The van der Waals surface area contributed by atoms with Gasteiger partial charge in [0.2, 0.25) is 5.78 Å². The van der Waals surface area contributed by atoms with E-state index in [1.54, 1.807) is 18.3 Å². The smallest absolute Gasteiger partial charge is 0.235 e. The number of nitrogens with zero attached hydrogens (tertiary/aromatic N) is 3. The standard InChI is InChI=1S/C21H20N4O/c1-14(2)15-8-10-16(11-9-15)23-20-19(17-6-3-4-7-18(17)26)24-21-22-12-5-13-25(20)21/h3-14,23,26H,1-2H3. The number of benzene rings is 2. The SMILES string of the molecule is CC(C)c1ccc(Nc2c(-c3ccccc3O)nc3ncccn23)cc1. The lowest BCUT2D eigenvalue weighted by Gasteiger charge is -2.11. The lowest BCUT2D eigenvalue weighted by molar-refractivity contribution is 0.477. The molecule has 0 saturated heterocycles. The Morgan fingerprint density at radius 2 is 1.77 bits per heavy atom. The summed E-state index contributed by atoms with van der Waals surface area (Å²) < 4.78 is 1.89. The van der Waals surface area contributed by atoms with Crippen molar-refractivity contribution in [3.63, 3.8) is 0 Å². The summed E-state index contributed by atoms with van der Waals surface area (Å²) in [5.41, 5.74) is 3.57. The third-order valence-electron chi connectivity index (χ3n) is 4.40. The van der Waals surface area contributed by atoms with Crippen LogP contribution in [-0.2, 0) is 0 Å². The molecule has 0 aliphatic carbocycles. The summed E-state index contributed by atoms with van der Waals surface area (Å²) in [6.07, 6.45) is 3.61. The van der Waals surface area contributed by atoms with E-state index < -0.39 is 0 Å². The number of aromatic nitrogens is 3. The van der Waals surface area contributed by atoms with E-state index in [-0.39, 0.29) is 5.75 Å². The minimum atomic E-state index is 0.189. The van der Waals surface area contributed by atoms with E-state index in [2.05, 4.69) is 53.4 Å². The highest BCUT2D eigenvalue weighted by Crippen LogP contribution is 2.35. The van der Waals surface area contributed by atoms with Crippen LogP contribution in [0.2, 0.25) is 0 Å². The Kier molecular flexibility index (Phi) is 4.05. The maximum atomic E-state index is 10.3. The minimum absolute atomic E-state index is 0.189. The first-order chi connectivity index (χ1) is 12.6. The molecule has 130 valence electrons. The van der Waals surface area contributed by atoms with Gasteiger partial charge in [0.15, 0.2) is 0 Å². The van der Waals surface area contributed by atoms with Crippen molar-refractivity contribution in [3.05, 3.63) is 72.6 Å². The second-order valence-corrected chi connectivity index (χ2v) is 6.52. The fraction of sp³-hybridized carbons (Fsp3) is 0.143. The van der Waals surface area contributed by atoms with Gasteiger partial charge in [-0.05, 0) is 41.8 Å². The Bertz CT molecular complexity index is 1050. The van der Waals surface area contributed by atoms with Crippen LogP contribution in [0.1, 0.15) is 25.3 Å². The van der Waals surface area contributed by atoms with Gasteiger partial charge in [0.1, 0.15) is 17.3 Å². The van der Waals surface area contributed by atoms with Crippen LogP contribution in [0.25, 0.3) is 17.0 Å². The molecule has 0 fully saturated rings. The number of nitrogens with one attached hydrogen (secondary N) is 1. The minimum Gasteiger partial charge on any atom is -0.507 e. The Morgan fingerprint density at radius 3 is 2.50 bits per heavy atom. The maximum absolute atomic E-state index is 10.3. The van der Waals surface area contributed by atoms with Crippen molar-refractivity contribution in [2.75, 3.05) is 5.32 Å². The van der Waals surface area contributed by atoms with E-state index in [0.29, 0.717) is 23.0 Å². The lowest BCUT2D eigenvalue weighted by Crippen LogP contribution is -1.98. The van der Waals surface area contributed by atoms with Gasteiger partial charge in [-0.3, -0.25) is 4.40 Å². The van der Waals surface area contributed by atoms with Gasteiger partial charge >= 0.3 is 0 Å². The quantitative estimate of drug-likeness (QED) is 0.549. The van der Waals surface area contributed by atoms with Gasteiger partial charge < -0.3 is 10.4 Å². The molecule has 0 spiro atoms. The first-order valence-corrected chi connectivity index (χ1v) is 8.62. The second kappa shape index (κ2) is 6.52. The first kappa shape index (κ1) is 16.1. The lowest BCUT2D eigenvalue weighted by atomic mass is 10.0. The fourth-order valence-corrected chi connectivity index (χ4v) is 2.96. The molecule has 0 saturated carbocycles. The first-order valence-electron chi connectivity index (χ1n) is 8.62. The van der Waals surface area contributed by atoms with Crippen molar-refractivity contribution >= 4 is 17.3 Å². The van der Waals surface area contributed by atoms with Crippen LogP contribution in [-0.4, -0.2) is 19.5 Å². The van der Waals surface area contributed by atoms with Crippen molar-refractivity contribution in [2.45, 2.75) is 19.8 Å². The maximum Gasteiger partial charge on any atom is 0.235 e. The molecule has 0 aliphatic heterocycles. The molecule has 0 aliphatic rings. The topological polar surface area (TPSA) is 62.5 Å². The molecule has 4 aromatic rings. The van der Waals surface area contributed by atoms with E-state index in [9.17, 15) is 5.11 Å². The molecule has 5 nitrogen and oxygen atoms in total. The van der Waals surface area contributed by atoms with E-state index in [0.717, 1.165) is 11.5 Å². The highest BCUT2D eigenvalue weighted by Gasteiger charge is 2.17. The Hall–Kier alpha value is -3.34. The molecule has 5 heteroatoms. The van der Waals surface area contributed by atoms with E-state index >= 15 is 0 Å². The molecular formula is C21H20N4O. The van der Waals surface area contributed by atoms with E-state index in [1.165, 1.54) is 5.56 Å². The van der Waals surface area contributed by atoms with Crippen LogP contribution in [0.15, 0.2) is 67.0 Å². The number of phenols is 1. The van der Waals surface area contributed by atoms with Gasteiger partial charge in [0, 0.05) is 23.6 Å². The number of aromatic hydroxyl groups is 1. The number of fused-ring (bicyclic) bond motifs is 1. The summed E-state index contributed by atoms with van der Waals surface area (Å²) in [5.74, 6) is 2.02. The highest BCUT2D eigenvalue weighted by atomic mass is 16.3. The summed E-state index contributed by atoms with van der Waals surface area (Å²) in [7, 11) is 0. The van der Waals surface area contributed by atoms with Crippen molar-refractivity contribution in [1.82, 2.24) is 14.4 Å². The highest BCUT2D eigenvalue weighted by molar-refractivity contribution is 5.81. The Labute approximate surface area is 152 Å². The van der Waals surface area contributed by atoms with Crippen molar-refractivity contribution in [3.8, 4) is 17.0 Å².